The van der Waals surface area contributed by atoms with Crippen molar-refractivity contribution in [1.29, 1.82) is 0 Å². The van der Waals surface area contributed by atoms with Crippen LogP contribution < -0.4 is 5.32 Å². The Labute approximate surface area is 61.7 Å². The van der Waals surface area contributed by atoms with Gasteiger partial charge in [0.1, 0.15) is 0 Å². The Morgan fingerprint density at radius 1 is 1.70 bits per heavy atom. The molecule has 0 atom stereocenters. The second kappa shape index (κ2) is 3.99. The minimum atomic E-state index is 1.05. The third-order valence-electron chi connectivity index (χ3n) is 1.39. The minimum Gasteiger partial charge on any atom is -0.383 e. The van der Waals surface area contributed by atoms with Gasteiger partial charge in [0.05, 0.1) is 11.9 Å². The van der Waals surface area contributed by atoms with E-state index in [4.69, 9.17) is 0 Å². The van der Waals surface area contributed by atoms with E-state index in [1.54, 1.807) is 0 Å². The van der Waals surface area contributed by atoms with Gasteiger partial charge in [0.25, 0.3) is 0 Å². The Morgan fingerprint density at radius 3 is 3.20 bits per heavy atom. The van der Waals surface area contributed by atoms with Crippen molar-refractivity contribution in [3.63, 3.8) is 0 Å². The van der Waals surface area contributed by atoms with Gasteiger partial charge in [0.15, 0.2) is 0 Å². The van der Waals surface area contributed by atoms with E-state index >= 15 is 0 Å². The molecular weight excluding hydrogens is 124 g/mol. The normalized spacial score (nSPS) is 9.70. The van der Waals surface area contributed by atoms with Gasteiger partial charge in [-0.05, 0) is 12.5 Å². The van der Waals surface area contributed by atoms with Crippen LogP contribution in [0, 0.1) is 6.20 Å². The molecule has 0 fully saturated rings. The molecule has 55 valence electrons. The highest BCUT2D eigenvalue weighted by atomic mass is 14.9. The molecule has 2 N–H and O–H groups in total. The van der Waals surface area contributed by atoms with Crippen LogP contribution in [-0.4, -0.2) is 11.5 Å². The zero-order valence-electron chi connectivity index (χ0n) is 6.28. The van der Waals surface area contributed by atoms with Crippen LogP contribution in [0.2, 0.25) is 0 Å². The highest BCUT2D eigenvalue weighted by Gasteiger charge is 1.88. The molecule has 0 bridgehead atoms. The quantitative estimate of drug-likeness (QED) is 0.610. The molecular formula is C8H13N2. The first-order chi connectivity index (χ1) is 4.93. The first-order valence-electron chi connectivity index (χ1n) is 3.72. The average molecular weight is 137 g/mol. The summed E-state index contributed by atoms with van der Waals surface area (Å²) in [6, 6.07) is 1.98. The van der Waals surface area contributed by atoms with Gasteiger partial charge in [0.2, 0.25) is 0 Å². The number of aromatic amines is 1. The molecule has 0 saturated carbocycles. The number of hydrogen-bond acceptors (Lipinski definition) is 1. The smallest absolute Gasteiger partial charge is 0.0876 e. The van der Waals surface area contributed by atoms with Crippen molar-refractivity contribution >= 4 is 5.69 Å². The van der Waals surface area contributed by atoms with Gasteiger partial charge in [-0.25, -0.2) is 0 Å². The lowest BCUT2D eigenvalue weighted by molar-refractivity contribution is 0.834. The van der Waals surface area contributed by atoms with E-state index in [-0.39, 0.29) is 0 Å². The lowest BCUT2D eigenvalue weighted by Gasteiger charge is -1.99. The molecule has 10 heavy (non-hydrogen) atoms. The monoisotopic (exact) mass is 137 g/mol. The predicted octanol–water partition coefficient (Wildman–Crippen LogP) is 2.03. The number of anilines is 1. The van der Waals surface area contributed by atoms with Crippen molar-refractivity contribution in [2.75, 3.05) is 11.9 Å². The molecule has 0 aliphatic carbocycles. The highest BCUT2D eigenvalue weighted by molar-refractivity contribution is 5.38. The number of H-pyrrole nitrogens is 1. The van der Waals surface area contributed by atoms with Crippen molar-refractivity contribution in [2.45, 2.75) is 19.8 Å². The zero-order valence-corrected chi connectivity index (χ0v) is 6.28. The Kier molecular flexibility index (Phi) is 2.87. The van der Waals surface area contributed by atoms with Crippen molar-refractivity contribution in [2.24, 2.45) is 0 Å². The first-order valence-corrected chi connectivity index (χ1v) is 3.72. The molecule has 0 unspecified atom stereocenters. The second-order valence-electron chi connectivity index (χ2n) is 2.30. The zero-order chi connectivity index (χ0) is 7.23. The third-order valence-corrected chi connectivity index (χ3v) is 1.39. The van der Waals surface area contributed by atoms with Gasteiger partial charge in [-0.3, -0.25) is 0 Å². The summed E-state index contributed by atoms with van der Waals surface area (Å²) < 4.78 is 0. The lowest BCUT2D eigenvalue weighted by Crippen LogP contribution is -1.98. The number of unbranched alkanes of at least 4 members (excludes halogenated alkanes) is 1. The highest BCUT2D eigenvalue weighted by Crippen LogP contribution is 2.02. The molecule has 1 aromatic heterocycles. The maximum absolute atomic E-state index is 3.24. The van der Waals surface area contributed by atoms with Crippen LogP contribution in [0.3, 0.4) is 0 Å². The van der Waals surface area contributed by atoms with Crippen LogP contribution in [-0.2, 0) is 0 Å². The summed E-state index contributed by atoms with van der Waals surface area (Å²) in [5, 5.41) is 3.24. The first kappa shape index (κ1) is 7.19. The summed E-state index contributed by atoms with van der Waals surface area (Å²) in [6.45, 7) is 3.23. The fraction of sp³-hybridized carbons (Fsp3) is 0.500. The number of rotatable bonds is 4. The summed E-state index contributed by atoms with van der Waals surface area (Å²) in [7, 11) is 0. The van der Waals surface area contributed by atoms with Crippen LogP contribution in [0.4, 0.5) is 5.69 Å². The van der Waals surface area contributed by atoms with Gasteiger partial charge in [0, 0.05) is 12.7 Å². The van der Waals surface area contributed by atoms with E-state index in [0.29, 0.717) is 0 Å². The average Bonchev–Trinajstić information content (AvgIpc) is 2.41. The molecule has 1 radical (unpaired) electrons. The Hall–Kier alpha value is -0.920. The summed E-state index contributed by atoms with van der Waals surface area (Å²) in [6.07, 6.45) is 7.28. The van der Waals surface area contributed by atoms with Crippen LogP contribution in [0.25, 0.3) is 0 Å². The van der Waals surface area contributed by atoms with Gasteiger partial charge < -0.3 is 10.3 Å². The van der Waals surface area contributed by atoms with Gasteiger partial charge in [-0.15, -0.1) is 0 Å². The van der Waals surface area contributed by atoms with E-state index in [9.17, 15) is 0 Å². The Morgan fingerprint density at radius 2 is 2.60 bits per heavy atom. The maximum Gasteiger partial charge on any atom is 0.0876 e. The van der Waals surface area contributed by atoms with Crippen molar-refractivity contribution in [3.05, 3.63) is 18.5 Å². The van der Waals surface area contributed by atoms with E-state index in [1.807, 2.05) is 12.3 Å². The molecule has 0 spiro atoms. The summed E-state index contributed by atoms with van der Waals surface area (Å²) >= 11 is 0. The number of nitrogens with one attached hydrogen (secondary N) is 2. The summed E-state index contributed by atoms with van der Waals surface area (Å²) in [5.41, 5.74) is 1.06. The topological polar surface area (TPSA) is 27.8 Å². The summed E-state index contributed by atoms with van der Waals surface area (Å²) in [5.74, 6) is 0. The Bertz CT molecular complexity index is 156. The molecule has 0 aromatic carbocycles. The van der Waals surface area contributed by atoms with Crippen LogP contribution in [0.1, 0.15) is 19.8 Å². The molecule has 0 aliphatic rings. The number of hydrogen-bond donors (Lipinski definition) is 2. The molecule has 0 saturated heterocycles. The van der Waals surface area contributed by atoms with E-state index in [0.717, 1.165) is 12.2 Å². The van der Waals surface area contributed by atoms with E-state index < -0.39 is 0 Å². The molecule has 0 amide bonds. The molecule has 1 aromatic rings. The molecule has 0 aliphatic heterocycles. The minimum absolute atomic E-state index is 1.05. The van der Waals surface area contributed by atoms with E-state index in [2.05, 4.69) is 23.4 Å². The SMILES string of the molecule is CCCCNc1[c][nH]cc1. The van der Waals surface area contributed by atoms with Crippen LogP contribution in [0.5, 0.6) is 0 Å². The van der Waals surface area contributed by atoms with Crippen molar-refractivity contribution < 1.29 is 0 Å². The predicted molar refractivity (Wildman–Crippen MR) is 43.0 cm³/mol. The second-order valence-corrected chi connectivity index (χ2v) is 2.30. The van der Waals surface area contributed by atoms with Gasteiger partial charge >= 0.3 is 0 Å². The lowest BCUT2D eigenvalue weighted by atomic mass is 10.3. The standard InChI is InChI=1S/C8H13N2/c1-2-3-5-10-8-4-6-9-7-8/h4,6,9-10H,2-3,5H2,1H3. The summed E-state index contributed by atoms with van der Waals surface area (Å²) in [4.78, 5) is 2.87. The van der Waals surface area contributed by atoms with Gasteiger partial charge in [-0.1, -0.05) is 13.3 Å². The molecule has 2 heteroatoms. The van der Waals surface area contributed by atoms with Crippen LogP contribution >= 0.6 is 0 Å². The molecule has 1 rings (SSSR count). The van der Waals surface area contributed by atoms with Gasteiger partial charge in [-0.2, -0.15) is 0 Å². The maximum atomic E-state index is 3.24. The third kappa shape index (κ3) is 2.13. The largest absolute Gasteiger partial charge is 0.383 e. The molecule has 1 heterocycles. The fourth-order valence-electron chi connectivity index (χ4n) is 0.789. The molecule has 2 nitrogen and oxygen atoms in total. The Balaban J connectivity index is 2.15. The van der Waals surface area contributed by atoms with E-state index in [1.165, 1.54) is 12.8 Å². The van der Waals surface area contributed by atoms with Crippen molar-refractivity contribution in [1.82, 2.24) is 4.98 Å². The number of aromatic nitrogens is 1. The van der Waals surface area contributed by atoms with Crippen molar-refractivity contribution in [3.8, 4) is 0 Å². The van der Waals surface area contributed by atoms with Crippen LogP contribution in [0.15, 0.2) is 12.3 Å². The fourth-order valence-corrected chi connectivity index (χ4v) is 0.789.